The third-order valence-electron chi connectivity index (χ3n) is 3.47. The molecule has 110 valence electrons. The molecule has 0 aliphatic rings. The Morgan fingerprint density at radius 3 is 2.48 bits per heavy atom. The van der Waals surface area contributed by atoms with Gasteiger partial charge in [-0.25, -0.2) is 0 Å². The first-order valence-corrected chi connectivity index (χ1v) is 7.66. The maximum Gasteiger partial charge on any atom is 0.252 e. The van der Waals surface area contributed by atoms with E-state index >= 15 is 0 Å². The van der Waals surface area contributed by atoms with E-state index in [0.29, 0.717) is 22.2 Å². The molecule has 21 heavy (non-hydrogen) atoms. The normalized spacial score (nSPS) is 12.0. The number of hydrogen-bond acceptors (Lipinski definition) is 1. The van der Waals surface area contributed by atoms with Crippen LogP contribution in [-0.4, -0.2) is 12.5 Å². The molecular formula is C17H17Cl2NO. The molecule has 2 rings (SSSR count). The van der Waals surface area contributed by atoms with E-state index in [2.05, 4.69) is 24.4 Å². The first-order valence-electron chi connectivity index (χ1n) is 6.90. The molecule has 0 radical (unpaired) electrons. The van der Waals surface area contributed by atoms with Crippen molar-refractivity contribution in [2.75, 3.05) is 6.54 Å². The third kappa shape index (κ3) is 3.99. The molecule has 0 fully saturated rings. The Bertz CT molecular complexity index is 613. The number of amides is 1. The average molecular weight is 322 g/mol. The zero-order chi connectivity index (χ0) is 15.2. The summed E-state index contributed by atoms with van der Waals surface area (Å²) in [6.45, 7) is 2.68. The largest absolute Gasteiger partial charge is 0.351 e. The van der Waals surface area contributed by atoms with E-state index in [0.717, 1.165) is 6.42 Å². The van der Waals surface area contributed by atoms with E-state index in [1.54, 1.807) is 18.2 Å². The minimum Gasteiger partial charge on any atom is -0.351 e. The Morgan fingerprint density at radius 1 is 1.10 bits per heavy atom. The highest BCUT2D eigenvalue weighted by atomic mass is 35.5. The molecule has 2 nitrogen and oxygen atoms in total. The summed E-state index contributed by atoms with van der Waals surface area (Å²) in [5.41, 5.74) is 1.63. The van der Waals surface area contributed by atoms with Crippen LogP contribution in [0.15, 0.2) is 48.5 Å². The molecular weight excluding hydrogens is 305 g/mol. The van der Waals surface area contributed by atoms with Crippen LogP contribution in [0.25, 0.3) is 0 Å². The van der Waals surface area contributed by atoms with Crippen LogP contribution < -0.4 is 5.32 Å². The lowest BCUT2D eigenvalue weighted by Crippen LogP contribution is -2.28. The molecule has 0 aliphatic heterocycles. The second-order valence-electron chi connectivity index (χ2n) is 4.83. The standard InChI is InChI=1S/C17H17Cl2NO/c1-2-12(13-7-4-3-5-8-13)11-20-17(21)14-9-6-10-15(18)16(14)19/h3-10,12H,2,11H2,1H3,(H,20,21). The predicted octanol–water partition coefficient (Wildman–Crippen LogP) is 4.92. The lowest BCUT2D eigenvalue weighted by molar-refractivity contribution is 0.0951. The summed E-state index contributed by atoms with van der Waals surface area (Å²) in [5, 5.41) is 3.62. The van der Waals surface area contributed by atoms with Crippen LogP contribution in [0.5, 0.6) is 0 Å². The van der Waals surface area contributed by atoms with Crippen molar-refractivity contribution in [1.82, 2.24) is 5.32 Å². The Kier molecular flexibility index (Phi) is 5.66. The van der Waals surface area contributed by atoms with Gasteiger partial charge in [-0.05, 0) is 24.1 Å². The van der Waals surface area contributed by atoms with E-state index in [4.69, 9.17) is 23.2 Å². The first kappa shape index (κ1) is 15.9. The molecule has 1 unspecified atom stereocenters. The maximum absolute atomic E-state index is 12.2. The minimum atomic E-state index is -0.197. The number of carbonyl (C=O) groups is 1. The quantitative estimate of drug-likeness (QED) is 0.832. The molecule has 0 spiro atoms. The SMILES string of the molecule is CCC(CNC(=O)c1cccc(Cl)c1Cl)c1ccccc1. The van der Waals surface area contributed by atoms with Crippen LogP contribution in [0.1, 0.15) is 35.2 Å². The highest BCUT2D eigenvalue weighted by molar-refractivity contribution is 6.43. The number of rotatable bonds is 5. The van der Waals surface area contributed by atoms with E-state index in [-0.39, 0.29) is 11.8 Å². The van der Waals surface area contributed by atoms with Crippen LogP contribution in [0.4, 0.5) is 0 Å². The van der Waals surface area contributed by atoms with Crippen molar-refractivity contribution in [3.05, 3.63) is 69.7 Å². The zero-order valence-corrected chi connectivity index (χ0v) is 13.3. The predicted molar refractivity (Wildman–Crippen MR) is 88.3 cm³/mol. The highest BCUT2D eigenvalue weighted by Gasteiger charge is 2.15. The zero-order valence-electron chi connectivity index (χ0n) is 11.8. The number of benzene rings is 2. The summed E-state index contributed by atoms with van der Waals surface area (Å²) in [7, 11) is 0. The topological polar surface area (TPSA) is 29.1 Å². The van der Waals surface area contributed by atoms with Crippen molar-refractivity contribution < 1.29 is 4.79 Å². The molecule has 0 heterocycles. The molecule has 4 heteroatoms. The van der Waals surface area contributed by atoms with Gasteiger partial charge in [0.25, 0.3) is 5.91 Å². The monoisotopic (exact) mass is 321 g/mol. The Morgan fingerprint density at radius 2 is 1.81 bits per heavy atom. The third-order valence-corrected chi connectivity index (χ3v) is 4.29. The van der Waals surface area contributed by atoms with Gasteiger partial charge in [-0.3, -0.25) is 4.79 Å². The van der Waals surface area contributed by atoms with Gasteiger partial charge >= 0.3 is 0 Å². The van der Waals surface area contributed by atoms with Gasteiger partial charge in [0.05, 0.1) is 15.6 Å². The summed E-state index contributed by atoms with van der Waals surface area (Å²) in [4.78, 5) is 12.2. The number of nitrogens with one attached hydrogen (secondary N) is 1. The molecule has 0 saturated carbocycles. The summed E-state index contributed by atoms with van der Waals surface area (Å²) in [6.07, 6.45) is 0.952. The fourth-order valence-corrected chi connectivity index (χ4v) is 2.60. The summed E-state index contributed by atoms with van der Waals surface area (Å²) in [5.74, 6) is 0.0880. The average Bonchev–Trinajstić information content (AvgIpc) is 2.51. The lowest BCUT2D eigenvalue weighted by Gasteiger charge is -2.16. The van der Waals surface area contributed by atoms with Gasteiger partial charge in [0.2, 0.25) is 0 Å². The van der Waals surface area contributed by atoms with Gasteiger partial charge < -0.3 is 5.32 Å². The Balaban J connectivity index is 2.05. The molecule has 0 saturated heterocycles. The fourth-order valence-electron chi connectivity index (χ4n) is 2.21. The minimum absolute atomic E-state index is 0.197. The summed E-state index contributed by atoms with van der Waals surface area (Å²) in [6, 6.07) is 15.2. The fraction of sp³-hybridized carbons (Fsp3) is 0.235. The van der Waals surface area contributed by atoms with Crippen LogP contribution >= 0.6 is 23.2 Å². The van der Waals surface area contributed by atoms with E-state index < -0.39 is 0 Å². The molecule has 1 amide bonds. The molecule has 2 aromatic carbocycles. The maximum atomic E-state index is 12.2. The number of carbonyl (C=O) groups excluding carboxylic acids is 1. The second-order valence-corrected chi connectivity index (χ2v) is 5.61. The van der Waals surface area contributed by atoms with Crippen LogP contribution in [-0.2, 0) is 0 Å². The second kappa shape index (κ2) is 7.48. The van der Waals surface area contributed by atoms with Crippen molar-refractivity contribution in [3.8, 4) is 0 Å². The van der Waals surface area contributed by atoms with E-state index in [1.165, 1.54) is 5.56 Å². The summed E-state index contributed by atoms with van der Waals surface area (Å²) < 4.78 is 0. The summed E-state index contributed by atoms with van der Waals surface area (Å²) >= 11 is 12.0. The van der Waals surface area contributed by atoms with Crippen molar-refractivity contribution in [2.24, 2.45) is 0 Å². The first-order chi connectivity index (χ1) is 10.1. The van der Waals surface area contributed by atoms with Crippen molar-refractivity contribution in [1.29, 1.82) is 0 Å². The van der Waals surface area contributed by atoms with Crippen LogP contribution in [0.2, 0.25) is 10.0 Å². The van der Waals surface area contributed by atoms with Gasteiger partial charge in [0.15, 0.2) is 0 Å². The Labute approximate surface area is 135 Å². The van der Waals surface area contributed by atoms with Gasteiger partial charge in [-0.2, -0.15) is 0 Å². The molecule has 1 atom stereocenters. The lowest BCUT2D eigenvalue weighted by atomic mass is 9.96. The van der Waals surface area contributed by atoms with Gasteiger partial charge in [-0.15, -0.1) is 0 Å². The van der Waals surface area contributed by atoms with E-state index in [1.807, 2.05) is 18.2 Å². The number of halogens is 2. The van der Waals surface area contributed by atoms with Crippen molar-refractivity contribution in [3.63, 3.8) is 0 Å². The molecule has 0 aromatic heterocycles. The Hall–Kier alpha value is -1.51. The van der Waals surface area contributed by atoms with Crippen molar-refractivity contribution in [2.45, 2.75) is 19.3 Å². The molecule has 0 aliphatic carbocycles. The van der Waals surface area contributed by atoms with E-state index in [9.17, 15) is 4.79 Å². The highest BCUT2D eigenvalue weighted by Crippen LogP contribution is 2.25. The number of hydrogen-bond donors (Lipinski definition) is 1. The molecule has 2 aromatic rings. The smallest absolute Gasteiger partial charge is 0.252 e. The van der Waals surface area contributed by atoms with Gasteiger partial charge in [0, 0.05) is 12.5 Å². The van der Waals surface area contributed by atoms with Gasteiger partial charge in [0.1, 0.15) is 0 Å². The molecule has 0 bridgehead atoms. The van der Waals surface area contributed by atoms with Crippen LogP contribution in [0, 0.1) is 0 Å². The van der Waals surface area contributed by atoms with Gasteiger partial charge in [-0.1, -0.05) is 66.5 Å². The van der Waals surface area contributed by atoms with Crippen LogP contribution in [0.3, 0.4) is 0 Å². The molecule has 1 N–H and O–H groups in total. The van der Waals surface area contributed by atoms with Crippen molar-refractivity contribution >= 4 is 29.1 Å².